The number of phenols is 2. The van der Waals surface area contributed by atoms with Crippen LogP contribution in [0.4, 0.5) is 0 Å². The second kappa shape index (κ2) is 14.6. The van der Waals surface area contributed by atoms with Crippen LogP contribution in [0, 0.1) is 0 Å². The second-order valence-electron chi connectivity index (χ2n) is 12.0. The Labute approximate surface area is 280 Å². The number of nitrogens with zero attached hydrogens (tertiary/aromatic N) is 2. The lowest BCUT2D eigenvalue weighted by Crippen LogP contribution is -2.04. The number of aryl methyl sites for hydroxylation is 2. The molecule has 6 rings (SSSR count). The molecule has 8 nitrogen and oxygen atoms in total. The van der Waals surface area contributed by atoms with E-state index < -0.39 is 11.3 Å². The number of aromatic hydroxyl groups is 2. The molecule has 2 N–H and O–H groups in total. The molecule has 4 aromatic heterocycles. The molecule has 10 heteroatoms. The van der Waals surface area contributed by atoms with E-state index in [9.17, 15) is 19.8 Å². The van der Waals surface area contributed by atoms with Gasteiger partial charge in [-0.05, 0) is 61.1 Å². The van der Waals surface area contributed by atoms with Crippen LogP contribution in [0.15, 0.2) is 65.6 Å². The molecule has 6 aromatic rings. The summed E-state index contributed by atoms with van der Waals surface area (Å²) in [4.78, 5) is 35.2. The molecule has 0 bridgehead atoms. The van der Waals surface area contributed by atoms with Crippen molar-refractivity contribution in [2.24, 2.45) is 0 Å². The summed E-state index contributed by atoms with van der Waals surface area (Å²) < 4.78 is 11.2. The highest BCUT2D eigenvalue weighted by Gasteiger charge is 2.17. The number of thiazole rings is 2. The first kappa shape index (κ1) is 32.7. The van der Waals surface area contributed by atoms with Gasteiger partial charge in [-0.2, -0.15) is 0 Å². The third kappa shape index (κ3) is 7.49. The molecule has 0 amide bonds. The molecule has 0 atom stereocenters. The van der Waals surface area contributed by atoms with E-state index in [0.29, 0.717) is 40.1 Å². The average Bonchev–Trinajstić information content (AvgIpc) is 3.71. The first-order valence-electron chi connectivity index (χ1n) is 16.3. The van der Waals surface area contributed by atoms with Gasteiger partial charge in [-0.25, -0.2) is 19.6 Å². The summed E-state index contributed by atoms with van der Waals surface area (Å²) in [7, 11) is 0. The maximum absolute atomic E-state index is 12.9. The largest absolute Gasteiger partial charge is 0.508 e. The Bertz CT molecular complexity index is 1990. The average molecular weight is 671 g/mol. The van der Waals surface area contributed by atoms with E-state index in [0.717, 1.165) is 96.1 Å². The Morgan fingerprint density at radius 2 is 1.06 bits per heavy atom. The molecular weight excluding hydrogens is 633 g/mol. The van der Waals surface area contributed by atoms with E-state index in [1.54, 1.807) is 12.1 Å². The minimum Gasteiger partial charge on any atom is -0.508 e. The van der Waals surface area contributed by atoms with Crippen molar-refractivity contribution >= 4 is 44.6 Å². The van der Waals surface area contributed by atoms with Crippen LogP contribution in [0.1, 0.15) is 86.4 Å². The van der Waals surface area contributed by atoms with Crippen LogP contribution in [0.2, 0.25) is 0 Å². The van der Waals surface area contributed by atoms with Crippen molar-refractivity contribution < 1.29 is 19.0 Å². The van der Waals surface area contributed by atoms with Gasteiger partial charge >= 0.3 is 11.3 Å². The third-order valence-electron chi connectivity index (χ3n) is 8.42. The first-order chi connectivity index (χ1) is 22.8. The van der Waals surface area contributed by atoms with Crippen molar-refractivity contribution in [3.05, 3.63) is 89.1 Å². The van der Waals surface area contributed by atoms with Crippen molar-refractivity contribution in [3.63, 3.8) is 0 Å². The van der Waals surface area contributed by atoms with Gasteiger partial charge in [0.25, 0.3) is 0 Å². The number of hydrogen-bond donors (Lipinski definition) is 2. The SMILES string of the molecule is CCCCCCc1cc2cc(-c3csc(Cc4nc(-c5cc6cc(CCCCCC)c(O)cc6oc5=O)cs4)n3)c(=O)oc2cc1O. The van der Waals surface area contributed by atoms with Crippen molar-refractivity contribution in [1.29, 1.82) is 0 Å². The quantitative estimate of drug-likeness (QED) is 0.0867. The molecule has 0 fully saturated rings. The smallest absolute Gasteiger partial charge is 0.345 e. The predicted octanol–water partition coefficient (Wildman–Crippen LogP) is 9.39. The van der Waals surface area contributed by atoms with Crippen LogP contribution in [0.3, 0.4) is 0 Å². The zero-order valence-corrected chi connectivity index (χ0v) is 28.3. The Morgan fingerprint density at radius 1 is 0.617 bits per heavy atom. The van der Waals surface area contributed by atoms with E-state index >= 15 is 0 Å². The number of fused-ring (bicyclic) bond motifs is 2. The van der Waals surface area contributed by atoms with Crippen LogP contribution in [0.5, 0.6) is 11.5 Å². The molecule has 0 unspecified atom stereocenters. The molecule has 0 radical (unpaired) electrons. The molecule has 0 saturated carbocycles. The van der Waals surface area contributed by atoms with Crippen LogP contribution in [-0.4, -0.2) is 20.2 Å². The zero-order valence-electron chi connectivity index (χ0n) is 26.6. The molecular formula is C37H38N2O6S2. The van der Waals surface area contributed by atoms with Crippen LogP contribution in [0.25, 0.3) is 44.5 Å². The van der Waals surface area contributed by atoms with Crippen LogP contribution >= 0.6 is 22.7 Å². The summed E-state index contributed by atoms with van der Waals surface area (Å²) in [5.74, 6) is 0.291. The number of phenolic OH excluding ortho intramolecular Hbond substituents is 2. The van der Waals surface area contributed by atoms with Crippen molar-refractivity contribution in [3.8, 4) is 34.0 Å². The molecule has 0 aliphatic rings. The Hall–Kier alpha value is -4.28. The van der Waals surface area contributed by atoms with Gasteiger partial charge in [0, 0.05) is 33.7 Å². The second-order valence-corrected chi connectivity index (χ2v) is 13.9. The van der Waals surface area contributed by atoms with E-state index in [4.69, 9.17) is 18.8 Å². The van der Waals surface area contributed by atoms with Crippen molar-refractivity contribution in [2.75, 3.05) is 0 Å². The topological polar surface area (TPSA) is 127 Å². The molecule has 4 heterocycles. The minimum atomic E-state index is -0.513. The molecule has 0 saturated heterocycles. The van der Waals surface area contributed by atoms with Gasteiger partial charge in [-0.3, -0.25) is 0 Å². The number of aromatic nitrogens is 2. The standard InChI is InChI=1S/C37H38N2O6S2/c1-3-5-7-9-11-22-13-24-15-26(36(42)44-32(24)17-30(22)40)28-20-46-34(38-28)19-35-39-29(21-47-35)27-16-25-14-23(12-10-8-6-4-2)31(41)18-33(25)45-37(27)43/h13-18,20-21,40-41H,3-12,19H2,1-2H3. The molecule has 244 valence electrons. The third-order valence-corrected chi connectivity index (χ3v) is 10.1. The van der Waals surface area contributed by atoms with Gasteiger partial charge in [0.2, 0.25) is 0 Å². The van der Waals surface area contributed by atoms with Gasteiger partial charge in [-0.1, -0.05) is 52.4 Å². The van der Waals surface area contributed by atoms with Gasteiger partial charge in [0.1, 0.15) is 32.7 Å². The van der Waals surface area contributed by atoms with Gasteiger partial charge in [0.05, 0.1) is 28.9 Å². The number of rotatable bonds is 14. The maximum atomic E-state index is 12.9. The highest BCUT2D eigenvalue weighted by atomic mass is 32.1. The molecule has 0 aliphatic heterocycles. The molecule has 0 aliphatic carbocycles. The van der Waals surface area contributed by atoms with E-state index in [1.807, 2.05) is 22.9 Å². The lowest BCUT2D eigenvalue weighted by molar-refractivity contribution is 0.463. The fourth-order valence-corrected chi connectivity index (χ4v) is 7.50. The molecule has 2 aromatic carbocycles. The summed E-state index contributed by atoms with van der Waals surface area (Å²) in [5, 5.41) is 27.7. The Morgan fingerprint density at radius 3 is 1.49 bits per heavy atom. The normalized spacial score (nSPS) is 11.6. The lowest BCUT2D eigenvalue weighted by atomic mass is 10.0. The molecule has 0 spiro atoms. The summed E-state index contributed by atoms with van der Waals surface area (Å²) in [6.45, 7) is 4.33. The van der Waals surface area contributed by atoms with E-state index in [1.165, 1.54) is 34.8 Å². The van der Waals surface area contributed by atoms with Crippen molar-refractivity contribution in [2.45, 2.75) is 84.5 Å². The summed E-state index contributed by atoms with van der Waals surface area (Å²) in [6.07, 6.45) is 10.8. The summed E-state index contributed by atoms with van der Waals surface area (Å²) in [6, 6.07) is 10.4. The van der Waals surface area contributed by atoms with Crippen LogP contribution in [-0.2, 0) is 19.3 Å². The van der Waals surface area contributed by atoms with Gasteiger partial charge in [-0.15, -0.1) is 22.7 Å². The van der Waals surface area contributed by atoms with E-state index in [-0.39, 0.29) is 11.5 Å². The lowest BCUT2D eigenvalue weighted by Gasteiger charge is -2.07. The molecule has 47 heavy (non-hydrogen) atoms. The summed E-state index contributed by atoms with van der Waals surface area (Å²) in [5.41, 5.74) is 3.14. The Kier molecular flexibility index (Phi) is 10.2. The highest BCUT2D eigenvalue weighted by molar-refractivity contribution is 7.11. The minimum absolute atomic E-state index is 0.145. The number of unbranched alkanes of at least 4 members (excludes halogenated alkanes) is 6. The summed E-state index contributed by atoms with van der Waals surface area (Å²) >= 11 is 2.86. The van der Waals surface area contributed by atoms with Crippen molar-refractivity contribution in [1.82, 2.24) is 9.97 Å². The zero-order chi connectivity index (χ0) is 32.9. The first-order valence-corrected chi connectivity index (χ1v) is 18.1. The number of hydrogen-bond acceptors (Lipinski definition) is 10. The van der Waals surface area contributed by atoms with Gasteiger partial charge in [0.15, 0.2) is 0 Å². The predicted molar refractivity (Wildman–Crippen MR) is 189 cm³/mol. The fraction of sp³-hybridized carbons (Fsp3) is 0.351. The van der Waals surface area contributed by atoms with E-state index in [2.05, 4.69) is 13.8 Å². The highest BCUT2D eigenvalue weighted by Crippen LogP contribution is 2.32. The number of benzene rings is 2. The Balaban J connectivity index is 1.20. The maximum Gasteiger partial charge on any atom is 0.345 e. The van der Waals surface area contributed by atoms with Gasteiger partial charge < -0.3 is 19.0 Å². The monoisotopic (exact) mass is 670 g/mol. The van der Waals surface area contributed by atoms with Crippen LogP contribution < -0.4 is 11.3 Å². The fourth-order valence-electron chi connectivity index (χ4n) is 5.81.